The second kappa shape index (κ2) is 9.92. The summed E-state index contributed by atoms with van der Waals surface area (Å²) in [4.78, 5) is 15.2. The molecule has 0 N–H and O–H groups in total. The van der Waals surface area contributed by atoms with Gasteiger partial charge >= 0.3 is 6.18 Å². The summed E-state index contributed by atoms with van der Waals surface area (Å²) in [5.74, 6) is 0.0321. The standard InChI is InChI=1S/C27H23F4NO3/c1-32(2)13-12-24(17-6-8-20(28)9-7-17)35-21-10-11-25-22(15-21)26(33)23(16-34-25)18-4-3-5-19(14-18)27(29,30)31/h3-11,14-16,24H,12-13H2,1-2H3. The first-order valence-corrected chi connectivity index (χ1v) is 10.9. The van der Waals surface area contributed by atoms with E-state index >= 15 is 0 Å². The Morgan fingerprint density at radius 2 is 1.74 bits per heavy atom. The fourth-order valence-corrected chi connectivity index (χ4v) is 3.76. The molecular formula is C27H23F4NO3. The summed E-state index contributed by atoms with van der Waals surface area (Å²) in [6.45, 7) is 0.706. The van der Waals surface area contributed by atoms with Gasteiger partial charge in [-0.15, -0.1) is 0 Å². The molecule has 4 aromatic rings. The Balaban J connectivity index is 1.71. The van der Waals surface area contributed by atoms with E-state index < -0.39 is 23.3 Å². The van der Waals surface area contributed by atoms with E-state index in [0.717, 1.165) is 17.7 Å². The number of fused-ring (bicyclic) bond motifs is 1. The lowest BCUT2D eigenvalue weighted by molar-refractivity contribution is -0.137. The van der Waals surface area contributed by atoms with Crippen LogP contribution in [0.5, 0.6) is 5.75 Å². The first kappa shape index (κ1) is 24.5. The van der Waals surface area contributed by atoms with Gasteiger partial charge in [0, 0.05) is 13.0 Å². The molecule has 0 amide bonds. The van der Waals surface area contributed by atoms with Gasteiger partial charge in [0.15, 0.2) is 0 Å². The lowest BCUT2D eigenvalue weighted by Gasteiger charge is -2.22. The Hall–Kier alpha value is -3.65. The number of hydrogen-bond acceptors (Lipinski definition) is 4. The fraction of sp³-hybridized carbons (Fsp3) is 0.222. The van der Waals surface area contributed by atoms with E-state index in [0.29, 0.717) is 18.7 Å². The number of hydrogen-bond donors (Lipinski definition) is 0. The number of ether oxygens (including phenoxy) is 1. The van der Waals surface area contributed by atoms with Crippen molar-refractivity contribution in [3.8, 4) is 16.9 Å². The minimum atomic E-state index is -4.53. The molecule has 0 radical (unpaired) electrons. The van der Waals surface area contributed by atoms with Crippen LogP contribution in [-0.2, 0) is 6.18 Å². The van der Waals surface area contributed by atoms with Crippen LogP contribution in [0, 0.1) is 5.82 Å². The van der Waals surface area contributed by atoms with E-state index in [2.05, 4.69) is 0 Å². The third-order valence-electron chi connectivity index (χ3n) is 5.60. The zero-order valence-corrected chi connectivity index (χ0v) is 19.1. The molecule has 1 unspecified atom stereocenters. The number of benzene rings is 3. The summed E-state index contributed by atoms with van der Waals surface area (Å²) in [6.07, 6.45) is -3.17. The van der Waals surface area contributed by atoms with E-state index in [1.165, 1.54) is 36.6 Å². The van der Waals surface area contributed by atoms with Gasteiger partial charge in [0.2, 0.25) is 5.43 Å². The van der Waals surface area contributed by atoms with Crippen molar-refractivity contribution in [3.63, 3.8) is 0 Å². The van der Waals surface area contributed by atoms with Gasteiger partial charge in [0.25, 0.3) is 0 Å². The van der Waals surface area contributed by atoms with Gasteiger partial charge in [0.05, 0.1) is 16.5 Å². The number of halogens is 4. The largest absolute Gasteiger partial charge is 0.486 e. The van der Waals surface area contributed by atoms with Crippen molar-refractivity contribution >= 4 is 11.0 Å². The topological polar surface area (TPSA) is 42.7 Å². The molecule has 0 fully saturated rings. The highest BCUT2D eigenvalue weighted by Crippen LogP contribution is 2.32. The van der Waals surface area contributed by atoms with Gasteiger partial charge in [-0.05, 0) is 67.7 Å². The molecular weight excluding hydrogens is 462 g/mol. The quantitative estimate of drug-likeness (QED) is 0.274. The van der Waals surface area contributed by atoms with Crippen molar-refractivity contribution < 1.29 is 26.7 Å². The Labute approximate surface area is 199 Å². The highest BCUT2D eigenvalue weighted by atomic mass is 19.4. The third-order valence-corrected chi connectivity index (χ3v) is 5.60. The monoisotopic (exact) mass is 485 g/mol. The van der Waals surface area contributed by atoms with Gasteiger partial charge < -0.3 is 14.1 Å². The van der Waals surface area contributed by atoms with Crippen LogP contribution in [-0.4, -0.2) is 25.5 Å². The number of rotatable bonds is 7. The van der Waals surface area contributed by atoms with Crippen LogP contribution in [0.15, 0.2) is 82.2 Å². The lowest BCUT2D eigenvalue weighted by Crippen LogP contribution is -2.19. The molecule has 0 saturated carbocycles. The van der Waals surface area contributed by atoms with E-state index in [1.54, 1.807) is 24.3 Å². The molecule has 0 aliphatic rings. The van der Waals surface area contributed by atoms with E-state index in [9.17, 15) is 22.4 Å². The zero-order valence-electron chi connectivity index (χ0n) is 19.1. The van der Waals surface area contributed by atoms with Crippen LogP contribution < -0.4 is 10.2 Å². The minimum Gasteiger partial charge on any atom is -0.486 e. The first-order chi connectivity index (χ1) is 16.6. The molecule has 0 bridgehead atoms. The lowest BCUT2D eigenvalue weighted by atomic mass is 10.0. The van der Waals surface area contributed by atoms with E-state index in [4.69, 9.17) is 9.15 Å². The van der Waals surface area contributed by atoms with Gasteiger partial charge in [-0.25, -0.2) is 4.39 Å². The number of alkyl halides is 3. The average molecular weight is 485 g/mol. The second-order valence-corrected chi connectivity index (χ2v) is 8.47. The summed E-state index contributed by atoms with van der Waals surface area (Å²) in [5, 5.41) is 0.183. The average Bonchev–Trinajstić information content (AvgIpc) is 2.82. The van der Waals surface area contributed by atoms with E-state index in [-0.39, 0.29) is 27.9 Å². The molecule has 35 heavy (non-hydrogen) atoms. The van der Waals surface area contributed by atoms with Crippen LogP contribution in [0.2, 0.25) is 0 Å². The summed E-state index contributed by atoms with van der Waals surface area (Å²) >= 11 is 0. The summed E-state index contributed by atoms with van der Waals surface area (Å²) in [6, 6.07) is 15.3. The van der Waals surface area contributed by atoms with Crippen LogP contribution >= 0.6 is 0 Å². The van der Waals surface area contributed by atoms with Crippen molar-refractivity contribution in [2.24, 2.45) is 0 Å². The molecule has 1 heterocycles. The normalized spacial score (nSPS) is 12.8. The minimum absolute atomic E-state index is 0.0171. The Morgan fingerprint density at radius 3 is 2.43 bits per heavy atom. The van der Waals surface area contributed by atoms with Crippen LogP contribution in [0.4, 0.5) is 17.6 Å². The molecule has 4 nitrogen and oxygen atoms in total. The molecule has 0 aliphatic carbocycles. The molecule has 0 saturated heterocycles. The molecule has 8 heteroatoms. The van der Waals surface area contributed by atoms with Gasteiger partial charge in [-0.2, -0.15) is 13.2 Å². The second-order valence-electron chi connectivity index (χ2n) is 8.47. The molecule has 1 atom stereocenters. The van der Waals surface area contributed by atoms with Crippen LogP contribution in [0.25, 0.3) is 22.1 Å². The Morgan fingerprint density at radius 1 is 1.00 bits per heavy atom. The molecule has 0 aliphatic heterocycles. The molecule has 3 aromatic carbocycles. The van der Waals surface area contributed by atoms with E-state index in [1.807, 2.05) is 19.0 Å². The van der Waals surface area contributed by atoms with Crippen molar-refractivity contribution in [2.45, 2.75) is 18.7 Å². The molecule has 0 spiro atoms. The Bertz CT molecular complexity index is 1380. The SMILES string of the molecule is CN(C)CCC(Oc1ccc2occ(-c3cccc(C(F)(F)F)c3)c(=O)c2c1)c1ccc(F)cc1. The molecule has 4 rings (SSSR count). The van der Waals surface area contributed by atoms with Crippen molar-refractivity contribution in [3.05, 3.63) is 100 Å². The summed E-state index contributed by atoms with van der Waals surface area (Å²) < 4.78 is 64.6. The van der Waals surface area contributed by atoms with Crippen molar-refractivity contribution in [2.75, 3.05) is 20.6 Å². The molecule has 182 valence electrons. The molecule has 1 aromatic heterocycles. The first-order valence-electron chi connectivity index (χ1n) is 10.9. The Kier molecular flexibility index (Phi) is 6.93. The maximum absolute atomic E-state index is 13.4. The number of nitrogens with zero attached hydrogens (tertiary/aromatic N) is 1. The maximum atomic E-state index is 13.4. The highest BCUT2D eigenvalue weighted by molar-refractivity contribution is 5.82. The van der Waals surface area contributed by atoms with Crippen molar-refractivity contribution in [1.29, 1.82) is 0 Å². The van der Waals surface area contributed by atoms with Gasteiger partial charge in [-0.1, -0.05) is 24.3 Å². The zero-order chi connectivity index (χ0) is 25.2. The summed E-state index contributed by atoms with van der Waals surface area (Å²) in [5.41, 5.74) is -0.138. The van der Waals surface area contributed by atoms with Crippen LogP contribution in [0.1, 0.15) is 23.7 Å². The third kappa shape index (κ3) is 5.71. The van der Waals surface area contributed by atoms with Crippen LogP contribution in [0.3, 0.4) is 0 Å². The smallest absolute Gasteiger partial charge is 0.416 e. The van der Waals surface area contributed by atoms with Crippen molar-refractivity contribution in [1.82, 2.24) is 4.90 Å². The predicted octanol–water partition coefficient (Wildman–Crippen LogP) is 6.69. The predicted molar refractivity (Wildman–Crippen MR) is 126 cm³/mol. The highest BCUT2D eigenvalue weighted by Gasteiger charge is 2.30. The van der Waals surface area contributed by atoms with Gasteiger partial charge in [0.1, 0.15) is 29.5 Å². The van der Waals surface area contributed by atoms with Gasteiger partial charge in [-0.3, -0.25) is 4.79 Å². The maximum Gasteiger partial charge on any atom is 0.416 e. The summed E-state index contributed by atoms with van der Waals surface area (Å²) in [7, 11) is 3.86. The fourth-order valence-electron chi connectivity index (χ4n) is 3.76.